The van der Waals surface area contributed by atoms with Crippen LogP contribution in [0.25, 0.3) is 0 Å². The summed E-state index contributed by atoms with van der Waals surface area (Å²) in [5.41, 5.74) is -0.254. The maximum absolute atomic E-state index is 12.4. The molecular weight excluding hydrogens is 266 g/mol. The van der Waals surface area contributed by atoms with Gasteiger partial charge in [0.25, 0.3) is 5.56 Å². The van der Waals surface area contributed by atoms with Crippen LogP contribution >= 0.6 is 0 Å². The van der Waals surface area contributed by atoms with Crippen molar-refractivity contribution in [1.29, 1.82) is 0 Å². The molecule has 0 amide bonds. The molecule has 19 heavy (non-hydrogen) atoms. The molecule has 6 heteroatoms. The van der Waals surface area contributed by atoms with Gasteiger partial charge in [0, 0.05) is 18.8 Å². The van der Waals surface area contributed by atoms with Crippen LogP contribution in [0, 0.1) is 6.92 Å². The van der Waals surface area contributed by atoms with Gasteiger partial charge in [0.15, 0.2) is 4.90 Å². The Bertz CT molecular complexity index is 776. The molecule has 5 nitrogen and oxygen atoms in total. The predicted octanol–water partition coefficient (Wildman–Crippen LogP) is 1.23. The quantitative estimate of drug-likeness (QED) is 0.897. The van der Waals surface area contributed by atoms with Crippen LogP contribution in [0.3, 0.4) is 0 Å². The zero-order chi connectivity index (χ0) is 14.2. The number of benzene rings is 1. The van der Waals surface area contributed by atoms with Gasteiger partial charge in [-0.15, -0.1) is 0 Å². The van der Waals surface area contributed by atoms with Crippen LogP contribution in [0.2, 0.25) is 0 Å². The SMILES string of the molecule is Cc1cc(O)c(S(=O)(=O)c2ccccc2)c(=O)n1C. The monoisotopic (exact) mass is 279 g/mol. The molecule has 0 bridgehead atoms. The average molecular weight is 279 g/mol. The molecule has 0 saturated carbocycles. The van der Waals surface area contributed by atoms with Gasteiger partial charge in [0.1, 0.15) is 5.75 Å². The fourth-order valence-corrected chi connectivity index (χ4v) is 3.20. The van der Waals surface area contributed by atoms with E-state index in [4.69, 9.17) is 0 Å². The second-order valence-electron chi connectivity index (χ2n) is 4.18. The fraction of sp³-hybridized carbons (Fsp3) is 0.154. The highest BCUT2D eigenvalue weighted by atomic mass is 32.2. The Morgan fingerprint density at radius 2 is 1.74 bits per heavy atom. The van der Waals surface area contributed by atoms with Crippen LogP contribution in [0.4, 0.5) is 0 Å². The Hall–Kier alpha value is -2.08. The Morgan fingerprint density at radius 3 is 2.32 bits per heavy atom. The first-order chi connectivity index (χ1) is 8.85. The summed E-state index contributed by atoms with van der Waals surface area (Å²) in [6, 6.07) is 8.82. The largest absolute Gasteiger partial charge is 0.506 e. The maximum Gasteiger partial charge on any atom is 0.273 e. The molecule has 0 atom stereocenters. The molecule has 2 aromatic rings. The lowest BCUT2D eigenvalue weighted by Crippen LogP contribution is -2.25. The molecule has 1 N–H and O–H groups in total. The molecule has 1 aromatic heterocycles. The Morgan fingerprint density at radius 1 is 1.16 bits per heavy atom. The van der Waals surface area contributed by atoms with E-state index in [0.29, 0.717) is 5.69 Å². The van der Waals surface area contributed by atoms with Crippen LogP contribution < -0.4 is 5.56 Å². The van der Waals surface area contributed by atoms with E-state index in [9.17, 15) is 18.3 Å². The number of aromatic hydroxyl groups is 1. The number of hydrogen-bond acceptors (Lipinski definition) is 4. The summed E-state index contributed by atoms with van der Waals surface area (Å²) < 4.78 is 25.9. The zero-order valence-electron chi connectivity index (χ0n) is 10.5. The summed E-state index contributed by atoms with van der Waals surface area (Å²) in [4.78, 5) is 11.4. The molecule has 0 spiro atoms. The first-order valence-electron chi connectivity index (χ1n) is 5.55. The predicted molar refractivity (Wildman–Crippen MR) is 70.0 cm³/mol. The van der Waals surface area contributed by atoms with E-state index < -0.39 is 26.0 Å². The van der Waals surface area contributed by atoms with Crippen LogP contribution in [-0.4, -0.2) is 18.1 Å². The van der Waals surface area contributed by atoms with E-state index >= 15 is 0 Å². The van der Waals surface area contributed by atoms with E-state index in [1.54, 1.807) is 25.1 Å². The van der Waals surface area contributed by atoms with Crippen LogP contribution in [0.1, 0.15) is 5.69 Å². The van der Waals surface area contributed by atoms with Crippen molar-refractivity contribution in [3.8, 4) is 5.75 Å². The molecule has 1 heterocycles. The van der Waals surface area contributed by atoms with Gasteiger partial charge in [0.2, 0.25) is 9.84 Å². The highest BCUT2D eigenvalue weighted by Crippen LogP contribution is 2.25. The molecule has 0 aliphatic heterocycles. The van der Waals surface area contributed by atoms with Gasteiger partial charge < -0.3 is 9.67 Å². The first kappa shape index (κ1) is 13.4. The Kier molecular flexibility index (Phi) is 3.20. The number of aromatic nitrogens is 1. The normalized spacial score (nSPS) is 11.5. The summed E-state index contributed by atoms with van der Waals surface area (Å²) in [5.74, 6) is -0.524. The molecular formula is C13H13NO4S. The molecule has 0 aliphatic carbocycles. The van der Waals surface area contributed by atoms with Gasteiger partial charge in [-0.3, -0.25) is 4.79 Å². The summed E-state index contributed by atoms with van der Waals surface area (Å²) in [7, 11) is -2.56. The number of nitrogens with zero attached hydrogens (tertiary/aromatic N) is 1. The minimum atomic E-state index is -4.02. The minimum absolute atomic E-state index is 0.0220. The van der Waals surface area contributed by atoms with Crippen molar-refractivity contribution in [2.45, 2.75) is 16.7 Å². The van der Waals surface area contributed by atoms with E-state index in [0.717, 1.165) is 0 Å². The number of rotatable bonds is 2. The summed E-state index contributed by atoms with van der Waals surface area (Å²) in [6.45, 7) is 1.61. The third-order valence-electron chi connectivity index (χ3n) is 2.93. The molecule has 0 aliphatic rings. The van der Waals surface area contributed by atoms with Gasteiger partial charge in [0.05, 0.1) is 4.90 Å². The molecule has 100 valence electrons. The summed E-state index contributed by atoms with van der Waals surface area (Å²) in [5, 5.41) is 9.80. The van der Waals surface area contributed by atoms with Crippen molar-refractivity contribution in [1.82, 2.24) is 4.57 Å². The van der Waals surface area contributed by atoms with Crippen molar-refractivity contribution in [2.24, 2.45) is 7.05 Å². The smallest absolute Gasteiger partial charge is 0.273 e. The topological polar surface area (TPSA) is 76.4 Å². The molecule has 0 saturated heterocycles. The number of aryl methyl sites for hydroxylation is 1. The van der Waals surface area contributed by atoms with E-state index in [1.807, 2.05) is 0 Å². The molecule has 0 radical (unpaired) electrons. The maximum atomic E-state index is 12.4. The van der Waals surface area contributed by atoms with E-state index in [2.05, 4.69) is 0 Å². The van der Waals surface area contributed by atoms with Crippen LogP contribution in [-0.2, 0) is 16.9 Å². The van der Waals surface area contributed by atoms with Gasteiger partial charge >= 0.3 is 0 Å². The average Bonchev–Trinajstić information content (AvgIpc) is 2.37. The van der Waals surface area contributed by atoms with E-state index in [1.165, 1.54) is 29.8 Å². The van der Waals surface area contributed by atoms with Gasteiger partial charge in [-0.25, -0.2) is 8.42 Å². The lowest BCUT2D eigenvalue weighted by atomic mass is 10.3. The zero-order valence-corrected chi connectivity index (χ0v) is 11.3. The van der Waals surface area contributed by atoms with Gasteiger partial charge in [-0.05, 0) is 19.1 Å². The van der Waals surface area contributed by atoms with Crippen molar-refractivity contribution in [3.63, 3.8) is 0 Å². The molecule has 0 unspecified atom stereocenters. The Labute approximate surface area is 110 Å². The van der Waals surface area contributed by atoms with Crippen molar-refractivity contribution in [3.05, 3.63) is 52.4 Å². The van der Waals surface area contributed by atoms with Gasteiger partial charge in [-0.2, -0.15) is 0 Å². The molecule has 1 aromatic carbocycles. The lowest BCUT2D eigenvalue weighted by molar-refractivity contribution is 0.451. The summed E-state index contributed by atoms with van der Waals surface area (Å²) in [6.07, 6.45) is 0. The standard InChI is InChI=1S/C13H13NO4S/c1-9-8-11(15)12(13(16)14(9)2)19(17,18)10-6-4-3-5-7-10/h3-8,15H,1-2H3. The third kappa shape index (κ3) is 2.15. The fourth-order valence-electron chi connectivity index (χ4n) is 1.75. The van der Waals surface area contributed by atoms with Crippen molar-refractivity contribution < 1.29 is 13.5 Å². The number of hydrogen-bond donors (Lipinski definition) is 1. The first-order valence-corrected chi connectivity index (χ1v) is 7.03. The van der Waals surface area contributed by atoms with E-state index in [-0.39, 0.29) is 4.90 Å². The number of pyridine rings is 1. The second kappa shape index (κ2) is 4.55. The number of sulfone groups is 1. The van der Waals surface area contributed by atoms with Crippen molar-refractivity contribution >= 4 is 9.84 Å². The lowest BCUT2D eigenvalue weighted by Gasteiger charge is -2.10. The highest BCUT2D eigenvalue weighted by molar-refractivity contribution is 7.91. The second-order valence-corrected chi connectivity index (χ2v) is 6.07. The van der Waals surface area contributed by atoms with Gasteiger partial charge in [-0.1, -0.05) is 18.2 Å². The third-order valence-corrected chi connectivity index (χ3v) is 4.74. The minimum Gasteiger partial charge on any atom is -0.506 e. The highest BCUT2D eigenvalue weighted by Gasteiger charge is 2.26. The van der Waals surface area contributed by atoms with Crippen LogP contribution in [0.15, 0.2) is 51.0 Å². The van der Waals surface area contributed by atoms with Crippen molar-refractivity contribution in [2.75, 3.05) is 0 Å². The molecule has 2 rings (SSSR count). The summed E-state index contributed by atoms with van der Waals surface area (Å²) >= 11 is 0. The molecule has 0 fully saturated rings. The Balaban J connectivity index is 2.81. The van der Waals surface area contributed by atoms with Crippen LogP contribution in [0.5, 0.6) is 5.75 Å².